The van der Waals surface area contributed by atoms with Gasteiger partial charge in [-0.1, -0.05) is 0 Å². The molecule has 1 aliphatic heterocycles. The molecular formula is C10H19N3O. The molecule has 0 aromatic heterocycles. The fraction of sp³-hybridized carbons (Fsp3) is 0.900. The number of ether oxygens (including phenoxy) is 1. The topological polar surface area (TPSA) is 62.3 Å². The summed E-state index contributed by atoms with van der Waals surface area (Å²) in [5.74, 6) is 1.03. The molecule has 2 fully saturated rings. The predicted molar refractivity (Wildman–Crippen MR) is 55.2 cm³/mol. The first-order chi connectivity index (χ1) is 6.77. The van der Waals surface area contributed by atoms with Crippen LogP contribution in [-0.2, 0) is 4.74 Å². The fourth-order valence-electron chi connectivity index (χ4n) is 2.02. The van der Waals surface area contributed by atoms with E-state index in [1.54, 1.807) is 0 Å². The highest BCUT2D eigenvalue weighted by molar-refractivity contribution is 5.75. The maximum atomic E-state index is 7.57. The third kappa shape index (κ3) is 2.38. The molecule has 0 bridgehead atoms. The average Bonchev–Trinajstić information content (AvgIpc) is 2.99. The first kappa shape index (κ1) is 9.77. The van der Waals surface area contributed by atoms with Crippen LogP contribution in [0.25, 0.3) is 0 Å². The highest BCUT2D eigenvalue weighted by Crippen LogP contribution is 2.31. The molecule has 1 aliphatic carbocycles. The summed E-state index contributed by atoms with van der Waals surface area (Å²) in [4.78, 5) is 2.07. The Kier molecular flexibility index (Phi) is 2.91. The van der Waals surface area contributed by atoms with Gasteiger partial charge in [-0.15, -0.1) is 0 Å². The van der Waals surface area contributed by atoms with E-state index in [1.165, 1.54) is 12.8 Å². The Balaban J connectivity index is 1.89. The Hall–Kier alpha value is -0.770. The summed E-state index contributed by atoms with van der Waals surface area (Å²) in [6.45, 7) is 2.62. The molecule has 3 N–H and O–H groups in total. The molecule has 80 valence electrons. The minimum absolute atomic E-state index is 0.240. The van der Waals surface area contributed by atoms with E-state index in [1.807, 2.05) is 0 Å². The number of guanidine groups is 1. The standard InChI is InChI=1S/C10H19N3O/c11-10(12)13(7-8-1-2-8)9-3-5-14-6-4-9/h8-9H,1-7H2,(H3,11,12). The molecule has 1 saturated carbocycles. The van der Waals surface area contributed by atoms with Gasteiger partial charge in [-0.25, -0.2) is 0 Å². The predicted octanol–water partition coefficient (Wildman–Crippen LogP) is 0.771. The molecular weight excluding hydrogens is 178 g/mol. The van der Waals surface area contributed by atoms with Gasteiger partial charge in [0.05, 0.1) is 0 Å². The van der Waals surface area contributed by atoms with Crippen molar-refractivity contribution in [3.63, 3.8) is 0 Å². The summed E-state index contributed by atoms with van der Waals surface area (Å²) in [6.07, 6.45) is 4.67. The molecule has 0 aromatic carbocycles. The van der Waals surface area contributed by atoms with E-state index in [2.05, 4.69) is 4.90 Å². The maximum Gasteiger partial charge on any atom is 0.188 e. The number of nitrogens with two attached hydrogens (primary N) is 1. The molecule has 1 heterocycles. The van der Waals surface area contributed by atoms with Gasteiger partial charge < -0.3 is 15.4 Å². The van der Waals surface area contributed by atoms with Crippen molar-refractivity contribution in [1.29, 1.82) is 5.41 Å². The van der Waals surface area contributed by atoms with Crippen molar-refractivity contribution in [2.45, 2.75) is 31.7 Å². The Morgan fingerprint density at radius 2 is 1.93 bits per heavy atom. The first-order valence-corrected chi connectivity index (χ1v) is 5.46. The van der Waals surface area contributed by atoms with Gasteiger partial charge in [-0.2, -0.15) is 0 Å². The zero-order valence-electron chi connectivity index (χ0n) is 8.54. The summed E-state index contributed by atoms with van der Waals surface area (Å²) in [5.41, 5.74) is 5.61. The van der Waals surface area contributed by atoms with Crippen molar-refractivity contribution in [3.8, 4) is 0 Å². The van der Waals surface area contributed by atoms with Crippen LogP contribution in [-0.4, -0.2) is 36.7 Å². The fourth-order valence-corrected chi connectivity index (χ4v) is 2.02. The van der Waals surface area contributed by atoms with Crippen LogP contribution in [0, 0.1) is 11.3 Å². The van der Waals surface area contributed by atoms with Crippen LogP contribution in [0.4, 0.5) is 0 Å². The molecule has 0 radical (unpaired) electrons. The number of hydrogen-bond acceptors (Lipinski definition) is 2. The highest BCUT2D eigenvalue weighted by Gasteiger charge is 2.29. The normalized spacial score (nSPS) is 23.4. The van der Waals surface area contributed by atoms with Crippen LogP contribution in [0.15, 0.2) is 0 Å². The second-order valence-electron chi connectivity index (χ2n) is 4.32. The number of nitrogens with zero attached hydrogens (tertiary/aromatic N) is 1. The summed E-state index contributed by atoms with van der Waals surface area (Å²) in [5, 5.41) is 7.57. The van der Waals surface area contributed by atoms with E-state index >= 15 is 0 Å². The van der Waals surface area contributed by atoms with Crippen molar-refractivity contribution in [2.24, 2.45) is 11.7 Å². The number of hydrogen-bond donors (Lipinski definition) is 2. The van der Waals surface area contributed by atoms with Gasteiger partial charge in [-0.05, 0) is 31.6 Å². The molecule has 4 heteroatoms. The molecule has 0 aromatic rings. The number of rotatable bonds is 3. The minimum atomic E-state index is 0.240. The lowest BCUT2D eigenvalue weighted by Gasteiger charge is -2.34. The second kappa shape index (κ2) is 4.17. The largest absolute Gasteiger partial charge is 0.381 e. The zero-order valence-corrected chi connectivity index (χ0v) is 8.54. The van der Waals surface area contributed by atoms with E-state index in [0.29, 0.717) is 6.04 Å². The lowest BCUT2D eigenvalue weighted by Crippen LogP contribution is -2.47. The van der Waals surface area contributed by atoms with Gasteiger partial charge >= 0.3 is 0 Å². The van der Waals surface area contributed by atoms with Crippen LogP contribution < -0.4 is 5.73 Å². The van der Waals surface area contributed by atoms with E-state index in [4.69, 9.17) is 15.9 Å². The summed E-state index contributed by atoms with van der Waals surface area (Å²) in [6, 6.07) is 0.446. The van der Waals surface area contributed by atoms with Crippen LogP contribution >= 0.6 is 0 Å². The lowest BCUT2D eigenvalue weighted by molar-refractivity contribution is 0.0536. The molecule has 2 aliphatic rings. The van der Waals surface area contributed by atoms with Crippen molar-refractivity contribution in [1.82, 2.24) is 4.90 Å². The Morgan fingerprint density at radius 3 is 2.43 bits per heavy atom. The minimum Gasteiger partial charge on any atom is -0.381 e. The highest BCUT2D eigenvalue weighted by atomic mass is 16.5. The first-order valence-electron chi connectivity index (χ1n) is 5.46. The third-order valence-corrected chi connectivity index (χ3v) is 3.09. The third-order valence-electron chi connectivity index (χ3n) is 3.09. The van der Waals surface area contributed by atoms with Crippen molar-refractivity contribution in [3.05, 3.63) is 0 Å². The smallest absolute Gasteiger partial charge is 0.188 e. The van der Waals surface area contributed by atoms with E-state index in [0.717, 1.165) is 38.5 Å². The van der Waals surface area contributed by atoms with Crippen LogP contribution in [0.3, 0.4) is 0 Å². The van der Waals surface area contributed by atoms with Crippen LogP contribution in [0.5, 0.6) is 0 Å². The summed E-state index contributed by atoms with van der Waals surface area (Å²) in [7, 11) is 0. The van der Waals surface area contributed by atoms with E-state index in [-0.39, 0.29) is 5.96 Å². The van der Waals surface area contributed by atoms with E-state index in [9.17, 15) is 0 Å². The van der Waals surface area contributed by atoms with Gasteiger partial charge in [0, 0.05) is 25.8 Å². The quantitative estimate of drug-likeness (QED) is 0.519. The Bertz CT molecular complexity index is 209. The van der Waals surface area contributed by atoms with Gasteiger partial charge in [0.2, 0.25) is 0 Å². The van der Waals surface area contributed by atoms with Crippen molar-refractivity contribution < 1.29 is 4.74 Å². The molecule has 0 unspecified atom stereocenters. The Morgan fingerprint density at radius 1 is 1.29 bits per heavy atom. The summed E-state index contributed by atoms with van der Waals surface area (Å²) < 4.78 is 5.31. The van der Waals surface area contributed by atoms with Gasteiger partial charge in [0.15, 0.2) is 5.96 Å². The van der Waals surface area contributed by atoms with Crippen molar-refractivity contribution in [2.75, 3.05) is 19.8 Å². The molecule has 1 saturated heterocycles. The average molecular weight is 197 g/mol. The second-order valence-corrected chi connectivity index (χ2v) is 4.32. The van der Waals surface area contributed by atoms with E-state index < -0.39 is 0 Å². The molecule has 0 amide bonds. The monoisotopic (exact) mass is 197 g/mol. The maximum absolute atomic E-state index is 7.57. The van der Waals surface area contributed by atoms with Crippen LogP contribution in [0.2, 0.25) is 0 Å². The van der Waals surface area contributed by atoms with Gasteiger partial charge in [0.25, 0.3) is 0 Å². The van der Waals surface area contributed by atoms with Gasteiger partial charge in [0.1, 0.15) is 0 Å². The number of nitrogens with one attached hydrogen (secondary N) is 1. The molecule has 0 spiro atoms. The Labute approximate surface area is 84.9 Å². The molecule has 4 nitrogen and oxygen atoms in total. The van der Waals surface area contributed by atoms with Crippen molar-refractivity contribution >= 4 is 5.96 Å². The lowest BCUT2D eigenvalue weighted by atomic mass is 10.1. The molecule has 14 heavy (non-hydrogen) atoms. The zero-order chi connectivity index (χ0) is 9.97. The van der Waals surface area contributed by atoms with Gasteiger partial charge in [-0.3, -0.25) is 5.41 Å². The molecule has 0 atom stereocenters. The summed E-state index contributed by atoms with van der Waals surface area (Å²) >= 11 is 0. The molecule has 2 rings (SSSR count). The van der Waals surface area contributed by atoms with Crippen LogP contribution in [0.1, 0.15) is 25.7 Å². The SMILES string of the molecule is N=C(N)N(CC1CC1)C1CCOCC1.